The molecule has 0 unspecified atom stereocenters. The molecule has 1 N–H and O–H groups in total. The van der Waals surface area contributed by atoms with Crippen molar-refractivity contribution >= 4 is 17.8 Å². The number of amides is 2. The summed E-state index contributed by atoms with van der Waals surface area (Å²) in [5, 5.41) is 11.9. The molecule has 2 aliphatic rings. The highest BCUT2D eigenvalue weighted by molar-refractivity contribution is 5.85. The Kier molecular flexibility index (Phi) is 10.5. The monoisotopic (exact) mass is 663 g/mol. The van der Waals surface area contributed by atoms with Gasteiger partial charge in [0.1, 0.15) is 17.5 Å². The standard InChI is InChI=1S/C35H40F3N7O3/c1-34(2,3)48-33(47)44-19-17-43(18-20-44)23-26-10-12-27(13-11-26)28-21-30(42-32(41-28)35(36,37)38)45-16-4-5-29(45)31(46)40-15-14-24-6-8-25(22-39)9-7-24/h6-13,21,29H,4-5,14-20,23H2,1-3H3,(H,40,46)/t29-/m0/s1. The van der Waals surface area contributed by atoms with Gasteiger partial charge in [-0.2, -0.15) is 18.4 Å². The molecule has 0 spiro atoms. The lowest BCUT2D eigenvalue weighted by Crippen LogP contribution is -2.49. The number of hydrogen-bond acceptors (Lipinski definition) is 8. The lowest BCUT2D eigenvalue weighted by atomic mass is 10.1. The Balaban J connectivity index is 1.24. The molecule has 2 aromatic carbocycles. The number of ether oxygens (including phenoxy) is 1. The molecular formula is C35H40F3N7O3. The highest BCUT2D eigenvalue weighted by Crippen LogP contribution is 2.33. The average molecular weight is 664 g/mol. The molecule has 0 radical (unpaired) electrons. The Labute approximate surface area is 278 Å². The van der Waals surface area contributed by atoms with E-state index in [1.165, 1.54) is 6.07 Å². The Bertz CT molecular complexity index is 1630. The first-order valence-electron chi connectivity index (χ1n) is 16.1. The van der Waals surface area contributed by atoms with E-state index in [0.29, 0.717) is 76.2 Å². The van der Waals surface area contributed by atoms with Crippen molar-refractivity contribution in [1.82, 2.24) is 25.1 Å². The molecule has 48 heavy (non-hydrogen) atoms. The Hall–Kier alpha value is -4.70. The molecule has 0 bridgehead atoms. The van der Waals surface area contributed by atoms with Crippen LogP contribution in [0.5, 0.6) is 0 Å². The molecule has 1 atom stereocenters. The third-order valence-corrected chi connectivity index (χ3v) is 8.29. The number of anilines is 1. The van der Waals surface area contributed by atoms with Gasteiger partial charge in [0, 0.05) is 57.4 Å². The lowest BCUT2D eigenvalue weighted by Gasteiger charge is -2.35. The maximum absolute atomic E-state index is 14.0. The fourth-order valence-electron chi connectivity index (χ4n) is 5.82. The molecule has 13 heteroatoms. The lowest BCUT2D eigenvalue weighted by molar-refractivity contribution is -0.144. The number of hydrogen-bond donors (Lipinski definition) is 1. The number of nitrogens with one attached hydrogen (secondary N) is 1. The molecule has 2 saturated heterocycles. The van der Waals surface area contributed by atoms with Crippen LogP contribution in [0.4, 0.5) is 23.8 Å². The van der Waals surface area contributed by atoms with Gasteiger partial charge in [-0.1, -0.05) is 36.4 Å². The number of carbonyl (C=O) groups is 2. The normalized spacial score (nSPS) is 17.2. The fourth-order valence-corrected chi connectivity index (χ4v) is 5.82. The van der Waals surface area contributed by atoms with Gasteiger partial charge in [-0.05, 0) is 63.3 Å². The zero-order valence-corrected chi connectivity index (χ0v) is 27.4. The van der Waals surface area contributed by atoms with Crippen LogP contribution >= 0.6 is 0 Å². The largest absolute Gasteiger partial charge is 0.451 e. The predicted octanol–water partition coefficient (Wildman–Crippen LogP) is 5.41. The van der Waals surface area contributed by atoms with Crippen molar-refractivity contribution in [3.05, 3.63) is 77.1 Å². The van der Waals surface area contributed by atoms with Crippen LogP contribution in [0.1, 0.15) is 56.1 Å². The Morgan fingerprint density at radius 2 is 1.62 bits per heavy atom. The average Bonchev–Trinajstić information content (AvgIpc) is 3.55. The molecule has 2 fully saturated rings. The van der Waals surface area contributed by atoms with E-state index in [0.717, 1.165) is 11.1 Å². The zero-order valence-electron chi connectivity index (χ0n) is 27.4. The number of piperazine rings is 1. The van der Waals surface area contributed by atoms with Crippen molar-refractivity contribution in [1.29, 1.82) is 5.26 Å². The molecule has 3 heterocycles. The van der Waals surface area contributed by atoms with Crippen molar-refractivity contribution in [2.75, 3.05) is 44.2 Å². The topological polar surface area (TPSA) is 115 Å². The number of alkyl halides is 3. The van der Waals surface area contributed by atoms with Gasteiger partial charge in [0.05, 0.1) is 17.3 Å². The molecule has 3 aromatic rings. The first-order valence-corrected chi connectivity index (χ1v) is 16.1. The molecule has 2 amide bonds. The van der Waals surface area contributed by atoms with Crippen molar-refractivity contribution < 1.29 is 27.5 Å². The Morgan fingerprint density at radius 1 is 0.958 bits per heavy atom. The van der Waals surface area contributed by atoms with Gasteiger partial charge in [-0.15, -0.1) is 0 Å². The van der Waals surface area contributed by atoms with Gasteiger partial charge in [-0.25, -0.2) is 14.8 Å². The van der Waals surface area contributed by atoms with Crippen LogP contribution in [0.2, 0.25) is 0 Å². The second-order valence-electron chi connectivity index (χ2n) is 13.1. The number of rotatable bonds is 8. The number of halogens is 3. The van der Waals surface area contributed by atoms with Gasteiger partial charge in [0.2, 0.25) is 11.7 Å². The van der Waals surface area contributed by atoms with Gasteiger partial charge in [-0.3, -0.25) is 9.69 Å². The first-order chi connectivity index (χ1) is 22.8. The third kappa shape index (κ3) is 9.01. The highest BCUT2D eigenvalue weighted by Gasteiger charge is 2.38. The zero-order chi connectivity index (χ0) is 34.5. The summed E-state index contributed by atoms with van der Waals surface area (Å²) in [7, 11) is 0. The van der Waals surface area contributed by atoms with Crippen molar-refractivity contribution in [3.63, 3.8) is 0 Å². The number of nitrogens with zero attached hydrogens (tertiary/aromatic N) is 6. The van der Waals surface area contributed by atoms with E-state index in [1.54, 1.807) is 34.1 Å². The van der Waals surface area contributed by atoms with E-state index in [9.17, 15) is 22.8 Å². The van der Waals surface area contributed by atoms with E-state index in [2.05, 4.69) is 26.3 Å². The van der Waals surface area contributed by atoms with Crippen LogP contribution in [0.3, 0.4) is 0 Å². The van der Waals surface area contributed by atoms with Crippen LogP contribution in [0.15, 0.2) is 54.6 Å². The van der Waals surface area contributed by atoms with Crippen molar-refractivity contribution in [2.45, 2.75) is 64.4 Å². The SMILES string of the molecule is CC(C)(C)OC(=O)N1CCN(Cc2ccc(-c3cc(N4CCC[C@H]4C(=O)NCCc4ccc(C#N)cc4)nc(C(F)(F)F)n3)cc2)CC1. The van der Waals surface area contributed by atoms with Crippen LogP contribution < -0.4 is 10.2 Å². The van der Waals surface area contributed by atoms with E-state index < -0.39 is 23.6 Å². The quantitative estimate of drug-likeness (QED) is 0.340. The minimum absolute atomic E-state index is 0.0593. The van der Waals surface area contributed by atoms with Gasteiger partial charge < -0.3 is 19.9 Å². The maximum atomic E-state index is 14.0. The van der Waals surface area contributed by atoms with Crippen LogP contribution in [-0.4, -0.2) is 82.7 Å². The van der Waals surface area contributed by atoms with Crippen molar-refractivity contribution in [2.24, 2.45) is 0 Å². The summed E-state index contributed by atoms with van der Waals surface area (Å²) in [5.41, 5.74) is 2.56. The van der Waals surface area contributed by atoms with Crippen molar-refractivity contribution in [3.8, 4) is 17.3 Å². The summed E-state index contributed by atoms with van der Waals surface area (Å²) in [5.74, 6) is -1.47. The molecule has 254 valence electrons. The number of carbonyl (C=O) groups excluding carboxylic acids is 2. The maximum Gasteiger partial charge on any atom is 0.451 e. The molecular weight excluding hydrogens is 623 g/mol. The summed E-state index contributed by atoms with van der Waals surface area (Å²) < 4.78 is 47.4. The Morgan fingerprint density at radius 3 is 2.25 bits per heavy atom. The summed E-state index contributed by atoms with van der Waals surface area (Å²) in [6.07, 6.45) is -3.42. The summed E-state index contributed by atoms with van der Waals surface area (Å²) >= 11 is 0. The molecule has 10 nitrogen and oxygen atoms in total. The van der Waals surface area contributed by atoms with Gasteiger partial charge in [0.15, 0.2) is 0 Å². The summed E-state index contributed by atoms with van der Waals surface area (Å²) in [6.45, 7) is 9.31. The predicted molar refractivity (Wildman–Crippen MR) is 174 cm³/mol. The molecule has 1 aromatic heterocycles. The van der Waals surface area contributed by atoms with Crippen LogP contribution in [0.25, 0.3) is 11.3 Å². The number of nitriles is 1. The second-order valence-corrected chi connectivity index (χ2v) is 13.1. The van der Waals surface area contributed by atoms with Gasteiger partial charge in [0.25, 0.3) is 0 Å². The first kappa shape index (κ1) is 34.6. The minimum Gasteiger partial charge on any atom is -0.444 e. The smallest absolute Gasteiger partial charge is 0.444 e. The van der Waals surface area contributed by atoms with E-state index in [1.807, 2.05) is 45.0 Å². The molecule has 2 aliphatic heterocycles. The van der Waals surface area contributed by atoms with Crippen LogP contribution in [0, 0.1) is 11.3 Å². The number of benzene rings is 2. The molecule has 0 aliphatic carbocycles. The van der Waals surface area contributed by atoms with E-state index >= 15 is 0 Å². The van der Waals surface area contributed by atoms with E-state index in [-0.39, 0.29) is 23.5 Å². The number of aromatic nitrogens is 2. The molecule has 0 saturated carbocycles. The fraction of sp³-hybridized carbons (Fsp3) is 0.457. The van der Waals surface area contributed by atoms with E-state index in [4.69, 9.17) is 10.00 Å². The van der Waals surface area contributed by atoms with Crippen LogP contribution in [-0.2, 0) is 28.7 Å². The van der Waals surface area contributed by atoms with Gasteiger partial charge >= 0.3 is 12.3 Å². The molecule has 5 rings (SSSR count). The summed E-state index contributed by atoms with van der Waals surface area (Å²) in [6, 6.07) is 17.2. The minimum atomic E-state index is -4.77. The summed E-state index contributed by atoms with van der Waals surface area (Å²) in [4.78, 5) is 38.8. The highest BCUT2D eigenvalue weighted by atomic mass is 19.4. The second kappa shape index (κ2) is 14.6. The third-order valence-electron chi connectivity index (χ3n) is 8.29.